The molecular weight excluding hydrogens is 110 g/mol. The van der Waals surface area contributed by atoms with Crippen LogP contribution in [0.1, 0.15) is 12.8 Å². The van der Waals surface area contributed by atoms with E-state index >= 15 is 0 Å². The van der Waals surface area contributed by atoms with Gasteiger partial charge in [-0.1, -0.05) is 12.2 Å². The van der Waals surface area contributed by atoms with Crippen molar-refractivity contribution in [1.29, 1.82) is 0 Å². The van der Waals surface area contributed by atoms with Crippen LogP contribution < -0.4 is 5.73 Å². The lowest BCUT2D eigenvalue weighted by molar-refractivity contribution is 0.545. The van der Waals surface area contributed by atoms with Crippen molar-refractivity contribution in [1.82, 2.24) is 0 Å². The van der Waals surface area contributed by atoms with Crippen molar-refractivity contribution in [3.8, 4) is 0 Å². The van der Waals surface area contributed by atoms with E-state index in [1.54, 1.807) is 0 Å². The average molecular weight is 120 g/mol. The van der Waals surface area contributed by atoms with Gasteiger partial charge in [-0.3, -0.25) is 0 Å². The number of hydrogen-bond acceptors (Lipinski definition) is 1. The summed E-state index contributed by atoms with van der Waals surface area (Å²) in [7, 11) is 0. The van der Waals surface area contributed by atoms with Gasteiger partial charge in [0, 0.05) is 6.04 Å². The third-order valence-corrected chi connectivity index (χ3v) is 1.10. The number of nitrogens with two attached hydrogens (primary N) is 1. The molecule has 0 saturated heterocycles. The Balaban J connectivity index is 0.000000360. The molecule has 2 N–H and O–H groups in total. The summed E-state index contributed by atoms with van der Waals surface area (Å²) in [5.41, 5.74) is 6.72. The van der Waals surface area contributed by atoms with E-state index in [0.29, 0.717) is 6.04 Å². The van der Waals surface area contributed by atoms with E-state index in [2.05, 4.69) is 6.58 Å². The van der Waals surface area contributed by atoms with E-state index in [9.17, 15) is 0 Å². The number of rotatable bonds is 0. The fraction of sp³-hybridized carbons (Fsp3) is 0.600. The predicted molar refractivity (Wildman–Crippen MR) is 33.6 cm³/mol. The SMILES string of the molecule is C=C1CC(N)C1.Cl. The van der Waals surface area contributed by atoms with E-state index in [1.165, 1.54) is 5.57 Å². The van der Waals surface area contributed by atoms with Crippen molar-refractivity contribution in [2.45, 2.75) is 18.9 Å². The van der Waals surface area contributed by atoms with Gasteiger partial charge in [0.25, 0.3) is 0 Å². The van der Waals surface area contributed by atoms with Gasteiger partial charge in [-0.15, -0.1) is 12.4 Å². The molecule has 1 rings (SSSR count). The minimum Gasteiger partial charge on any atom is -0.327 e. The third-order valence-electron chi connectivity index (χ3n) is 1.10. The van der Waals surface area contributed by atoms with Gasteiger partial charge in [0.05, 0.1) is 0 Å². The first-order valence-corrected chi connectivity index (χ1v) is 2.21. The number of halogens is 1. The maximum atomic E-state index is 5.41. The highest BCUT2D eigenvalue weighted by atomic mass is 35.5. The van der Waals surface area contributed by atoms with Crippen molar-refractivity contribution in [2.75, 3.05) is 0 Å². The normalized spacial score (nSPS) is 20.4. The van der Waals surface area contributed by atoms with Gasteiger partial charge < -0.3 is 5.73 Å². The predicted octanol–water partition coefficient (Wildman–Crippen LogP) is 1.09. The molecule has 0 heterocycles. The van der Waals surface area contributed by atoms with Gasteiger partial charge >= 0.3 is 0 Å². The van der Waals surface area contributed by atoms with Crippen molar-refractivity contribution < 1.29 is 0 Å². The summed E-state index contributed by atoms with van der Waals surface area (Å²) in [6.45, 7) is 3.73. The van der Waals surface area contributed by atoms with Crippen LogP contribution in [-0.2, 0) is 0 Å². The van der Waals surface area contributed by atoms with Crippen molar-refractivity contribution in [3.05, 3.63) is 12.2 Å². The summed E-state index contributed by atoms with van der Waals surface area (Å²) < 4.78 is 0. The van der Waals surface area contributed by atoms with Crippen LogP contribution >= 0.6 is 12.4 Å². The largest absolute Gasteiger partial charge is 0.327 e. The van der Waals surface area contributed by atoms with E-state index in [0.717, 1.165) is 12.8 Å². The minimum absolute atomic E-state index is 0. The zero-order chi connectivity index (χ0) is 4.57. The summed E-state index contributed by atoms with van der Waals surface area (Å²) in [6, 6.07) is 0.442. The Morgan fingerprint density at radius 1 is 1.57 bits per heavy atom. The Morgan fingerprint density at radius 2 is 2.00 bits per heavy atom. The smallest absolute Gasteiger partial charge is 0.0113 e. The van der Waals surface area contributed by atoms with Crippen LogP contribution in [0.15, 0.2) is 12.2 Å². The second kappa shape index (κ2) is 2.34. The molecule has 7 heavy (non-hydrogen) atoms. The molecule has 1 fully saturated rings. The highest BCUT2D eigenvalue weighted by Gasteiger charge is 2.15. The topological polar surface area (TPSA) is 26.0 Å². The van der Waals surface area contributed by atoms with Crippen molar-refractivity contribution in [2.24, 2.45) is 5.73 Å². The Labute approximate surface area is 50.0 Å². The molecule has 42 valence electrons. The minimum atomic E-state index is 0. The van der Waals surface area contributed by atoms with E-state index < -0.39 is 0 Å². The Morgan fingerprint density at radius 3 is 2.00 bits per heavy atom. The van der Waals surface area contributed by atoms with Crippen LogP contribution in [-0.4, -0.2) is 6.04 Å². The Hall–Kier alpha value is -0.0100. The lowest BCUT2D eigenvalue weighted by atomic mass is 9.89. The van der Waals surface area contributed by atoms with Gasteiger partial charge in [0.1, 0.15) is 0 Å². The molecule has 0 amide bonds. The molecule has 0 radical (unpaired) electrons. The molecule has 0 aromatic heterocycles. The third kappa shape index (κ3) is 1.49. The van der Waals surface area contributed by atoms with Gasteiger partial charge in [-0.25, -0.2) is 0 Å². The molecule has 1 saturated carbocycles. The summed E-state index contributed by atoms with van der Waals surface area (Å²) in [5.74, 6) is 0. The standard InChI is InChI=1S/C5H9N.ClH/c1-4-2-5(6)3-4;/h5H,1-3,6H2;1H. The lowest BCUT2D eigenvalue weighted by Gasteiger charge is -2.23. The maximum Gasteiger partial charge on any atom is 0.0113 e. The van der Waals surface area contributed by atoms with Crippen molar-refractivity contribution in [3.63, 3.8) is 0 Å². The van der Waals surface area contributed by atoms with Gasteiger partial charge in [0.15, 0.2) is 0 Å². The van der Waals surface area contributed by atoms with E-state index in [-0.39, 0.29) is 12.4 Å². The molecule has 1 nitrogen and oxygen atoms in total. The van der Waals surface area contributed by atoms with Gasteiger partial charge in [-0.05, 0) is 12.8 Å². The monoisotopic (exact) mass is 119 g/mol. The molecular formula is C5H10ClN. The first kappa shape index (κ1) is 6.99. The van der Waals surface area contributed by atoms with E-state index in [1.807, 2.05) is 0 Å². The highest BCUT2D eigenvalue weighted by molar-refractivity contribution is 5.85. The van der Waals surface area contributed by atoms with Gasteiger partial charge in [0.2, 0.25) is 0 Å². The quantitative estimate of drug-likeness (QED) is 0.475. The fourth-order valence-corrected chi connectivity index (χ4v) is 0.682. The van der Waals surface area contributed by atoms with E-state index in [4.69, 9.17) is 5.73 Å². The molecule has 1 aliphatic carbocycles. The summed E-state index contributed by atoms with van der Waals surface area (Å²) >= 11 is 0. The maximum absolute atomic E-state index is 5.41. The second-order valence-corrected chi connectivity index (χ2v) is 1.92. The Bertz CT molecular complexity index is 72.1. The Kier molecular flexibility index (Phi) is 2.33. The molecule has 0 aromatic rings. The molecule has 0 atom stereocenters. The lowest BCUT2D eigenvalue weighted by Crippen LogP contribution is -2.29. The molecule has 1 aliphatic rings. The van der Waals surface area contributed by atoms with Crippen LogP contribution in [0.3, 0.4) is 0 Å². The first-order chi connectivity index (χ1) is 2.79. The average Bonchev–Trinajstić information content (AvgIpc) is 1.33. The van der Waals surface area contributed by atoms with Gasteiger partial charge in [-0.2, -0.15) is 0 Å². The summed E-state index contributed by atoms with van der Waals surface area (Å²) in [5, 5.41) is 0. The zero-order valence-corrected chi connectivity index (χ0v) is 5.00. The molecule has 0 bridgehead atoms. The molecule has 2 heteroatoms. The first-order valence-electron chi connectivity index (χ1n) is 2.21. The molecule has 0 aromatic carbocycles. The van der Waals surface area contributed by atoms with Crippen LogP contribution in [0.4, 0.5) is 0 Å². The zero-order valence-electron chi connectivity index (χ0n) is 4.18. The second-order valence-electron chi connectivity index (χ2n) is 1.92. The molecule has 0 spiro atoms. The fourth-order valence-electron chi connectivity index (χ4n) is 0.682. The summed E-state index contributed by atoms with van der Waals surface area (Å²) in [4.78, 5) is 0. The molecule has 0 unspecified atom stereocenters. The highest BCUT2D eigenvalue weighted by Crippen LogP contribution is 2.21. The van der Waals surface area contributed by atoms with Crippen LogP contribution in [0.25, 0.3) is 0 Å². The van der Waals surface area contributed by atoms with Crippen LogP contribution in [0.2, 0.25) is 0 Å². The molecule has 0 aliphatic heterocycles. The van der Waals surface area contributed by atoms with Crippen molar-refractivity contribution >= 4 is 12.4 Å². The summed E-state index contributed by atoms with van der Waals surface area (Å²) in [6.07, 6.45) is 2.11. The van der Waals surface area contributed by atoms with Crippen LogP contribution in [0.5, 0.6) is 0 Å². The van der Waals surface area contributed by atoms with Crippen LogP contribution in [0, 0.1) is 0 Å². The number of hydrogen-bond donors (Lipinski definition) is 1.